The Labute approximate surface area is 143 Å². The highest BCUT2D eigenvalue weighted by molar-refractivity contribution is 5.92. The van der Waals surface area contributed by atoms with Gasteiger partial charge < -0.3 is 20.1 Å². The minimum atomic E-state index is 0.00286. The summed E-state index contributed by atoms with van der Waals surface area (Å²) < 4.78 is 11.1. The molecule has 0 bridgehead atoms. The maximum absolute atomic E-state index is 12.4. The van der Waals surface area contributed by atoms with Crippen molar-refractivity contribution < 1.29 is 14.3 Å². The van der Waals surface area contributed by atoms with E-state index in [9.17, 15) is 4.79 Å². The summed E-state index contributed by atoms with van der Waals surface area (Å²) in [6.45, 7) is 9.79. The fourth-order valence-electron chi connectivity index (χ4n) is 3.35. The first-order valence-corrected chi connectivity index (χ1v) is 8.70. The van der Waals surface area contributed by atoms with Crippen LogP contribution in [0.1, 0.15) is 20.3 Å². The van der Waals surface area contributed by atoms with E-state index in [0.29, 0.717) is 25.5 Å². The van der Waals surface area contributed by atoms with Gasteiger partial charge in [0.05, 0.1) is 6.54 Å². The Hall–Kier alpha value is -1.79. The highest BCUT2D eigenvalue weighted by Gasteiger charge is 2.30. The van der Waals surface area contributed by atoms with Gasteiger partial charge in [0.2, 0.25) is 5.91 Å². The smallest absolute Gasteiger partial charge is 0.238 e. The molecule has 6 nitrogen and oxygen atoms in total. The van der Waals surface area contributed by atoms with E-state index in [2.05, 4.69) is 29.4 Å². The number of nitrogens with zero attached hydrogens (tertiary/aromatic N) is 1. The van der Waals surface area contributed by atoms with Crippen molar-refractivity contribution in [2.24, 2.45) is 5.41 Å². The molecule has 0 saturated carbocycles. The molecule has 0 aliphatic carbocycles. The number of nitrogens with one attached hydrogen (secondary N) is 2. The van der Waals surface area contributed by atoms with Gasteiger partial charge in [0.25, 0.3) is 0 Å². The van der Waals surface area contributed by atoms with Crippen LogP contribution >= 0.6 is 0 Å². The van der Waals surface area contributed by atoms with Crippen LogP contribution < -0.4 is 20.1 Å². The summed E-state index contributed by atoms with van der Waals surface area (Å²) in [5.41, 5.74) is 1.00. The minimum Gasteiger partial charge on any atom is -0.486 e. The molecule has 1 unspecified atom stereocenters. The molecule has 2 N–H and O–H groups in total. The minimum absolute atomic E-state index is 0.00286. The first kappa shape index (κ1) is 17.0. The summed E-state index contributed by atoms with van der Waals surface area (Å²) in [5.74, 6) is 1.43. The van der Waals surface area contributed by atoms with Crippen LogP contribution in [-0.4, -0.2) is 56.7 Å². The molecule has 1 aromatic carbocycles. The van der Waals surface area contributed by atoms with Gasteiger partial charge in [0, 0.05) is 24.8 Å². The van der Waals surface area contributed by atoms with E-state index in [4.69, 9.17) is 9.47 Å². The van der Waals surface area contributed by atoms with Gasteiger partial charge in [-0.05, 0) is 37.1 Å². The van der Waals surface area contributed by atoms with Crippen molar-refractivity contribution in [3.63, 3.8) is 0 Å². The van der Waals surface area contributed by atoms with Gasteiger partial charge in [-0.25, -0.2) is 0 Å². The molecule has 1 saturated heterocycles. The molecule has 2 aliphatic rings. The Kier molecular flexibility index (Phi) is 5.26. The lowest BCUT2D eigenvalue weighted by Gasteiger charge is -2.30. The van der Waals surface area contributed by atoms with Gasteiger partial charge in [0.15, 0.2) is 11.5 Å². The summed E-state index contributed by atoms with van der Waals surface area (Å²) in [7, 11) is 0. The van der Waals surface area contributed by atoms with Crippen LogP contribution in [0.4, 0.5) is 5.69 Å². The highest BCUT2D eigenvalue weighted by atomic mass is 16.6. The lowest BCUT2D eigenvalue weighted by molar-refractivity contribution is -0.117. The summed E-state index contributed by atoms with van der Waals surface area (Å²) in [6, 6.07) is 5.52. The van der Waals surface area contributed by atoms with Crippen molar-refractivity contribution in [2.45, 2.75) is 20.3 Å². The van der Waals surface area contributed by atoms with Crippen LogP contribution in [0.5, 0.6) is 11.5 Å². The molecule has 0 radical (unpaired) electrons. The van der Waals surface area contributed by atoms with E-state index in [0.717, 1.165) is 44.0 Å². The zero-order valence-electron chi connectivity index (χ0n) is 14.6. The number of fused-ring (bicyclic) bond motifs is 1. The largest absolute Gasteiger partial charge is 0.486 e. The topological polar surface area (TPSA) is 62.8 Å². The molecule has 2 heterocycles. The number of hydrogen-bond acceptors (Lipinski definition) is 5. The van der Waals surface area contributed by atoms with Crippen molar-refractivity contribution in [1.29, 1.82) is 0 Å². The number of ether oxygens (including phenoxy) is 2. The predicted molar refractivity (Wildman–Crippen MR) is 93.8 cm³/mol. The van der Waals surface area contributed by atoms with Crippen LogP contribution in [-0.2, 0) is 4.79 Å². The predicted octanol–water partition coefficient (Wildman–Crippen LogP) is 1.72. The summed E-state index contributed by atoms with van der Waals surface area (Å²) in [4.78, 5) is 14.6. The van der Waals surface area contributed by atoms with E-state index in [1.54, 1.807) is 0 Å². The number of amides is 1. The van der Waals surface area contributed by atoms with E-state index in [1.807, 2.05) is 18.2 Å². The molecule has 132 valence electrons. The Morgan fingerprint density at radius 1 is 1.33 bits per heavy atom. The van der Waals surface area contributed by atoms with Gasteiger partial charge in [-0.15, -0.1) is 0 Å². The van der Waals surface area contributed by atoms with E-state index < -0.39 is 0 Å². The number of anilines is 1. The normalized spacial score (nSPS) is 22.6. The molecule has 0 spiro atoms. The molecule has 0 aromatic heterocycles. The van der Waals surface area contributed by atoms with Crippen LogP contribution in [0.2, 0.25) is 0 Å². The van der Waals surface area contributed by atoms with Crippen LogP contribution in [0, 0.1) is 5.41 Å². The summed E-state index contributed by atoms with van der Waals surface area (Å²) >= 11 is 0. The van der Waals surface area contributed by atoms with Gasteiger partial charge >= 0.3 is 0 Å². The number of rotatable bonds is 6. The third-order valence-electron chi connectivity index (χ3n) is 4.70. The van der Waals surface area contributed by atoms with Crippen molar-refractivity contribution in [2.75, 3.05) is 51.3 Å². The fraction of sp³-hybridized carbons (Fsp3) is 0.611. The van der Waals surface area contributed by atoms with E-state index in [1.165, 1.54) is 0 Å². The zero-order valence-corrected chi connectivity index (χ0v) is 14.6. The van der Waals surface area contributed by atoms with Crippen molar-refractivity contribution >= 4 is 11.6 Å². The van der Waals surface area contributed by atoms with E-state index in [-0.39, 0.29) is 11.3 Å². The monoisotopic (exact) mass is 333 g/mol. The second-order valence-corrected chi connectivity index (χ2v) is 6.95. The van der Waals surface area contributed by atoms with Crippen molar-refractivity contribution in [1.82, 2.24) is 10.2 Å². The highest BCUT2D eigenvalue weighted by Crippen LogP contribution is 2.32. The number of benzene rings is 1. The Morgan fingerprint density at radius 3 is 2.83 bits per heavy atom. The Morgan fingerprint density at radius 2 is 2.12 bits per heavy atom. The number of carbonyl (C=O) groups excluding carboxylic acids is 1. The lowest BCUT2D eigenvalue weighted by Crippen LogP contribution is -2.41. The molecule has 1 aromatic rings. The quantitative estimate of drug-likeness (QED) is 0.830. The molecule has 2 aliphatic heterocycles. The first-order valence-electron chi connectivity index (χ1n) is 8.70. The van der Waals surface area contributed by atoms with Crippen LogP contribution in [0.15, 0.2) is 18.2 Å². The Balaban J connectivity index is 1.56. The second kappa shape index (κ2) is 7.40. The SMILES string of the molecule is CCN(CC(=O)Nc1ccc2c(c1)OCCO2)CC1(C)CCNC1. The van der Waals surface area contributed by atoms with Crippen LogP contribution in [0.3, 0.4) is 0 Å². The number of likely N-dealkylation sites (N-methyl/N-ethyl adjacent to an activating group) is 1. The zero-order chi connectivity index (χ0) is 17.0. The van der Waals surface area contributed by atoms with Crippen molar-refractivity contribution in [3.8, 4) is 11.5 Å². The van der Waals surface area contributed by atoms with Gasteiger partial charge in [-0.2, -0.15) is 0 Å². The maximum atomic E-state index is 12.4. The summed E-state index contributed by atoms with van der Waals surface area (Å²) in [5, 5.41) is 6.37. The third kappa shape index (κ3) is 4.19. The first-order chi connectivity index (χ1) is 11.6. The van der Waals surface area contributed by atoms with E-state index >= 15 is 0 Å². The maximum Gasteiger partial charge on any atom is 0.238 e. The molecule has 1 atom stereocenters. The number of hydrogen-bond donors (Lipinski definition) is 2. The molecule has 24 heavy (non-hydrogen) atoms. The molecule has 6 heteroatoms. The Bertz CT molecular complexity index is 585. The molecular weight excluding hydrogens is 306 g/mol. The van der Waals surface area contributed by atoms with Gasteiger partial charge in [0.1, 0.15) is 13.2 Å². The third-order valence-corrected chi connectivity index (χ3v) is 4.70. The summed E-state index contributed by atoms with van der Waals surface area (Å²) in [6.07, 6.45) is 1.16. The molecule has 1 fully saturated rings. The fourth-order valence-corrected chi connectivity index (χ4v) is 3.35. The van der Waals surface area contributed by atoms with Crippen LogP contribution in [0.25, 0.3) is 0 Å². The average Bonchev–Trinajstić information content (AvgIpc) is 3.00. The molecule has 1 amide bonds. The van der Waals surface area contributed by atoms with Crippen molar-refractivity contribution in [3.05, 3.63) is 18.2 Å². The average molecular weight is 333 g/mol. The molecule has 3 rings (SSSR count). The van der Waals surface area contributed by atoms with Gasteiger partial charge in [-0.1, -0.05) is 13.8 Å². The van der Waals surface area contributed by atoms with Gasteiger partial charge in [-0.3, -0.25) is 9.69 Å². The molecular formula is C18H27N3O3. The second-order valence-electron chi connectivity index (χ2n) is 6.95. The lowest BCUT2D eigenvalue weighted by atomic mass is 9.89. The number of carbonyl (C=O) groups is 1. The standard InChI is InChI=1S/C18H27N3O3/c1-3-21(13-18(2)6-7-19-12-18)11-17(22)20-14-4-5-15-16(10-14)24-9-8-23-15/h4-5,10,19H,3,6-9,11-13H2,1-2H3,(H,20,22).